The first kappa shape index (κ1) is 19.6. The Bertz CT molecular complexity index is 750. The molecule has 1 aromatic carbocycles. The molecule has 0 bridgehead atoms. The zero-order valence-corrected chi connectivity index (χ0v) is 13.4. The average Bonchev–Trinajstić information content (AvgIpc) is 2.45. The lowest BCUT2D eigenvalue weighted by Crippen LogP contribution is -2.34. The van der Waals surface area contributed by atoms with Crippen LogP contribution in [-0.4, -0.2) is 50.3 Å². The van der Waals surface area contributed by atoms with Crippen molar-refractivity contribution in [2.45, 2.75) is 4.90 Å². The van der Waals surface area contributed by atoms with Gasteiger partial charge >= 0.3 is 5.97 Å². The maximum atomic E-state index is 12.0. The minimum Gasteiger partial charge on any atom is -0.478 e. The van der Waals surface area contributed by atoms with Gasteiger partial charge in [-0.2, -0.15) is 0 Å². The highest BCUT2D eigenvalue weighted by Gasteiger charge is 2.22. The molecular formula is C11H11ClN2O9S. The van der Waals surface area contributed by atoms with Crippen molar-refractivity contribution in [3.05, 3.63) is 38.9 Å². The van der Waals surface area contributed by atoms with Gasteiger partial charge in [-0.1, -0.05) is 11.6 Å². The summed E-state index contributed by atoms with van der Waals surface area (Å²) in [5.74, 6) is -2.45. The molecule has 0 aliphatic carbocycles. The van der Waals surface area contributed by atoms with Crippen LogP contribution in [-0.2, 0) is 24.4 Å². The number of ether oxygens (including phenoxy) is 1. The van der Waals surface area contributed by atoms with Crippen molar-refractivity contribution in [2.24, 2.45) is 0 Å². The number of sulfonamides is 1. The number of hydrogen-bond acceptors (Lipinski definition) is 8. The second-order valence-electron chi connectivity index (χ2n) is 4.09. The van der Waals surface area contributed by atoms with Crippen LogP contribution in [0.3, 0.4) is 0 Å². The number of carbonyl (C=O) groups excluding carboxylic acids is 1. The van der Waals surface area contributed by atoms with Crippen LogP contribution in [0.15, 0.2) is 23.1 Å². The summed E-state index contributed by atoms with van der Waals surface area (Å²) in [5, 5.41) is 17.4. The summed E-state index contributed by atoms with van der Waals surface area (Å²) in [7, 11) is -4.42. The highest BCUT2D eigenvalue weighted by Crippen LogP contribution is 2.22. The van der Waals surface area contributed by atoms with E-state index in [9.17, 15) is 28.1 Å². The first-order chi connectivity index (χ1) is 11.1. The lowest BCUT2D eigenvalue weighted by Gasteiger charge is -2.09. The highest BCUT2D eigenvalue weighted by molar-refractivity contribution is 7.90. The van der Waals surface area contributed by atoms with E-state index in [0.717, 1.165) is 18.2 Å². The van der Waals surface area contributed by atoms with E-state index in [4.69, 9.17) is 16.7 Å². The summed E-state index contributed by atoms with van der Waals surface area (Å²) >= 11 is 5.71. The Morgan fingerprint density at radius 3 is 2.58 bits per heavy atom. The maximum absolute atomic E-state index is 12.0. The average molecular weight is 383 g/mol. The minimum atomic E-state index is -4.42. The number of nitrogens with one attached hydrogen (secondary N) is 1. The molecule has 0 radical (unpaired) electrons. The molecule has 0 aliphatic heterocycles. The quantitative estimate of drug-likeness (QED) is 0.341. The van der Waals surface area contributed by atoms with Crippen molar-refractivity contribution in [3.63, 3.8) is 0 Å². The normalized spacial score (nSPS) is 10.9. The summed E-state index contributed by atoms with van der Waals surface area (Å²) < 4.78 is 30.4. The molecule has 0 aromatic heterocycles. The number of carboxylic acids is 1. The van der Waals surface area contributed by atoms with E-state index < -0.39 is 45.1 Å². The summed E-state index contributed by atoms with van der Waals surface area (Å²) in [6.45, 7) is -1.46. The maximum Gasteiger partial charge on any atom is 0.335 e. The SMILES string of the molecule is O=C(COCCO[N+](=O)[O-])NS(=O)(=O)c1cc(C(=O)O)ccc1Cl. The van der Waals surface area contributed by atoms with Crippen LogP contribution in [0.1, 0.15) is 10.4 Å². The van der Waals surface area contributed by atoms with Gasteiger partial charge in [-0.15, -0.1) is 10.1 Å². The highest BCUT2D eigenvalue weighted by atomic mass is 35.5. The molecule has 0 heterocycles. The summed E-state index contributed by atoms with van der Waals surface area (Å²) in [5.41, 5.74) is -0.333. The van der Waals surface area contributed by atoms with Crippen LogP contribution >= 0.6 is 11.6 Å². The first-order valence-electron chi connectivity index (χ1n) is 6.07. The predicted octanol–water partition coefficient (Wildman–Crippen LogP) is 0.0680. The van der Waals surface area contributed by atoms with Gasteiger partial charge in [0.1, 0.15) is 18.1 Å². The topological polar surface area (TPSA) is 162 Å². The molecule has 0 unspecified atom stereocenters. The predicted molar refractivity (Wildman–Crippen MR) is 77.5 cm³/mol. The van der Waals surface area contributed by atoms with E-state index in [0.29, 0.717) is 0 Å². The van der Waals surface area contributed by atoms with E-state index in [1.165, 1.54) is 0 Å². The van der Waals surface area contributed by atoms with E-state index in [1.54, 1.807) is 4.72 Å². The lowest BCUT2D eigenvalue weighted by molar-refractivity contribution is -0.758. The standard InChI is InChI=1S/C11H11ClN2O9S/c12-8-2-1-7(11(16)17)5-9(8)24(20,21)13-10(15)6-22-3-4-23-14(18)19/h1-2,5H,3-4,6H2,(H,13,15)(H,16,17). The van der Waals surface area contributed by atoms with Gasteiger partial charge in [0.25, 0.3) is 21.0 Å². The Balaban J connectivity index is 2.69. The molecule has 2 N–H and O–H groups in total. The number of nitrogens with zero attached hydrogens (tertiary/aromatic N) is 1. The number of benzene rings is 1. The van der Waals surface area contributed by atoms with E-state index in [-0.39, 0.29) is 17.2 Å². The molecule has 0 fully saturated rings. The van der Waals surface area contributed by atoms with Gasteiger partial charge < -0.3 is 14.7 Å². The zero-order valence-electron chi connectivity index (χ0n) is 11.8. The van der Waals surface area contributed by atoms with Crippen LogP contribution < -0.4 is 4.72 Å². The van der Waals surface area contributed by atoms with Crippen LogP contribution in [0.2, 0.25) is 5.02 Å². The Morgan fingerprint density at radius 1 is 1.33 bits per heavy atom. The fourth-order valence-electron chi connectivity index (χ4n) is 1.41. The lowest BCUT2D eigenvalue weighted by atomic mass is 10.2. The zero-order chi connectivity index (χ0) is 18.3. The summed E-state index contributed by atoms with van der Waals surface area (Å²) in [4.78, 5) is 35.6. The van der Waals surface area contributed by atoms with Crippen molar-refractivity contribution >= 4 is 33.5 Å². The molecule has 0 aliphatic rings. The van der Waals surface area contributed by atoms with Crippen molar-refractivity contribution in [1.29, 1.82) is 0 Å². The number of amides is 1. The number of carboxylic acid groups (broad SMARTS) is 1. The number of aromatic carboxylic acids is 1. The fourth-order valence-corrected chi connectivity index (χ4v) is 2.91. The number of rotatable bonds is 9. The molecule has 1 aromatic rings. The van der Waals surface area contributed by atoms with Crippen molar-refractivity contribution < 1.29 is 37.8 Å². The van der Waals surface area contributed by atoms with Crippen molar-refractivity contribution in [2.75, 3.05) is 19.8 Å². The molecule has 0 spiro atoms. The van der Waals surface area contributed by atoms with Gasteiger partial charge in [0.15, 0.2) is 0 Å². The van der Waals surface area contributed by atoms with Gasteiger partial charge in [-0.3, -0.25) is 4.79 Å². The number of carbonyl (C=O) groups is 2. The smallest absolute Gasteiger partial charge is 0.335 e. The second kappa shape index (κ2) is 8.42. The molecule has 1 amide bonds. The Hall–Kier alpha value is -2.44. The molecular weight excluding hydrogens is 372 g/mol. The molecule has 11 nitrogen and oxygen atoms in total. The van der Waals surface area contributed by atoms with E-state index in [1.807, 2.05) is 0 Å². The molecule has 13 heteroatoms. The minimum absolute atomic E-state index is 0.277. The molecule has 0 saturated carbocycles. The monoisotopic (exact) mass is 382 g/mol. The second-order valence-corrected chi connectivity index (χ2v) is 6.15. The third-order valence-electron chi connectivity index (χ3n) is 2.37. The molecule has 132 valence electrons. The van der Waals surface area contributed by atoms with Gasteiger partial charge in [-0.05, 0) is 18.2 Å². The third-order valence-corrected chi connectivity index (χ3v) is 4.23. The van der Waals surface area contributed by atoms with Gasteiger partial charge in [-0.25, -0.2) is 17.9 Å². The molecule has 1 rings (SSSR count). The molecule has 0 atom stereocenters. The van der Waals surface area contributed by atoms with Crippen LogP contribution in [0.5, 0.6) is 0 Å². The van der Waals surface area contributed by atoms with Crippen LogP contribution in [0.25, 0.3) is 0 Å². The molecule has 24 heavy (non-hydrogen) atoms. The van der Waals surface area contributed by atoms with E-state index >= 15 is 0 Å². The van der Waals surface area contributed by atoms with E-state index in [2.05, 4.69) is 9.57 Å². The first-order valence-corrected chi connectivity index (χ1v) is 7.93. The van der Waals surface area contributed by atoms with Crippen molar-refractivity contribution in [3.8, 4) is 0 Å². The molecule has 0 saturated heterocycles. The largest absolute Gasteiger partial charge is 0.478 e. The summed E-state index contributed by atoms with van der Waals surface area (Å²) in [6, 6.07) is 2.96. The fraction of sp³-hybridized carbons (Fsp3) is 0.273. The van der Waals surface area contributed by atoms with Gasteiger partial charge in [0.2, 0.25) is 0 Å². The van der Waals surface area contributed by atoms with Crippen LogP contribution in [0.4, 0.5) is 0 Å². The number of halogens is 1. The van der Waals surface area contributed by atoms with Gasteiger partial charge in [0, 0.05) is 0 Å². The summed E-state index contributed by atoms with van der Waals surface area (Å²) in [6.07, 6.45) is 0. The number of hydrogen-bond donors (Lipinski definition) is 2. The Labute approximate surface area is 140 Å². The Kier molecular flexibility index (Phi) is 6.88. The van der Waals surface area contributed by atoms with Crippen LogP contribution in [0, 0.1) is 10.1 Å². The Morgan fingerprint density at radius 2 is 2.00 bits per heavy atom. The van der Waals surface area contributed by atoms with Gasteiger partial charge in [0.05, 0.1) is 17.2 Å². The van der Waals surface area contributed by atoms with Crippen molar-refractivity contribution in [1.82, 2.24) is 4.72 Å². The third kappa shape index (κ3) is 5.98.